The Hall–Kier alpha value is -1.99. The number of nitrogens with one attached hydrogen (secondary N) is 1. The van der Waals surface area contributed by atoms with Gasteiger partial charge < -0.3 is 14.8 Å². The van der Waals surface area contributed by atoms with Crippen LogP contribution in [0.25, 0.3) is 0 Å². The van der Waals surface area contributed by atoms with Crippen LogP contribution >= 0.6 is 15.9 Å². The van der Waals surface area contributed by atoms with E-state index < -0.39 is 11.6 Å². The van der Waals surface area contributed by atoms with Gasteiger partial charge in [0.15, 0.2) is 11.6 Å². The molecule has 1 N–H and O–H groups in total. The van der Waals surface area contributed by atoms with E-state index in [0.717, 1.165) is 29.4 Å². The van der Waals surface area contributed by atoms with Crippen molar-refractivity contribution in [2.24, 2.45) is 0 Å². The van der Waals surface area contributed by atoms with Crippen LogP contribution in [0.4, 0.5) is 8.78 Å². The summed E-state index contributed by atoms with van der Waals surface area (Å²) in [6, 6.07) is 11.4. The van der Waals surface area contributed by atoms with Gasteiger partial charge in [0.05, 0.1) is 6.61 Å². The first kappa shape index (κ1) is 21.7. The average Bonchev–Trinajstić information content (AvgIpc) is 2.72. The molecular weight excluding hydrogens is 444 g/mol. The molecule has 156 valence electrons. The quantitative estimate of drug-likeness (QED) is 0.569. The van der Waals surface area contributed by atoms with Gasteiger partial charge >= 0.3 is 0 Å². The standard InChI is InChI=1S/C22H24BrF2NO3/c23-17-5-3-16(4-6-17)22(9-12-28-13-10-22)15-26-21(27)2-1-11-29-20-8-7-18(24)14-19(20)25/h3-8,14H,1-2,9-13,15H2,(H,26,27). The van der Waals surface area contributed by atoms with Crippen molar-refractivity contribution in [3.63, 3.8) is 0 Å². The van der Waals surface area contributed by atoms with Crippen LogP contribution in [0.15, 0.2) is 46.9 Å². The first-order valence-corrected chi connectivity index (χ1v) is 10.5. The van der Waals surface area contributed by atoms with E-state index in [-0.39, 0.29) is 30.1 Å². The van der Waals surface area contributed by atoms with Crippen molar-refractivity contribution in [1.29, 1.82) is 0 Å². The Kier molecular flexibility index (Phi) is 7.61. The average molecular weight is 468 g/mol. The van der Waals surface area contributed by atoms with Crippen molar-refractivity contribution < 1.29 is 23.0 Å². The third-order valence-electron chi connectivity index (χ3n) is 5.23. The fourth-order valence-electron chi connectivity index (χ4n) is 3.50. The summed E-state index contributed by atoms with van der Waals surface area (Å²) >= 11 is 3.46. The molecule has 0 bridgehead atoms. The molecule has 0 spiro atoms. The summed E-state index contributed by atoms with van der Waals surface area (Å²) in [5.74, 6) is -1.48. The van der Waals surface area contributed by atoms with E-state index in [4.69, 9.17) is 9.47 Å². The van der Waals surface area contributed by atoms with Gasteiger partial charge in [-0.2, -0.15) is 0 Å². The minimum atomic E-state index is -0.745. The molecule has 0 saturated carbocycles. The van der Waals surface area contributed by atoms with Gasteiger partial charge in [-0.15, -0.1) is 0 Å². The van der Waals surface area contributed by atoms with E-state index in [1.807, 2.05) is 12.1 Å². The summed E-state index contributed by atoms with van der Waals surface area (Å²) in [4.78, 5) is 12.3. The topological polar surface area (TPSA) is 47.6 Å². The van der Waals surface area contributed by atoms with E-state index in [2.05, 4.69) is 33.4 Å². The zero-order chi connectivity index (χ0) is 20.7. The maximum atomic E-state index is 13.5. The Morgan fingerprint density at radius 2 is 1.86 bits per heavy atom. The van der Waals surface area contributed by atoms with E-state index >= 15 is 0 Å². The molecule has 2 aromatic carbocycles. The van der Waals surface area contributed by atoms with Gasteiger partial charge in [0, 0.05) is 42.1 Å². The Bertz CT molecular complexity index is 823. The zero-order valence-corrected chi connectivity index (χ0v) is 17.6. The monoisotopic (exact) mass is 467 g/mol. The Balaban J connectivity index is 1.48. The molecule has 1 aliphatic heterocycles. The second-order valence-electron chi connectivity index (χ2n) is 7.20. The van der Waals surface area contributed by atoms with Gasteiger partial charge in [-0.3, -0.25) is 4.79 Å². The molecule has 29 heavy (non-hydrogen) atoms. The number of halogens is 3. The lowest BCUT2D eigenvalue weighted by Crippen LogP contribution is -2.44. The van der Waals surface area contributed by atoms with Crippen molar-refractivity contribution in [1.82, 2.24) is 5.32 Å². The fraction of sp³-hybridized carbons (Fsp3) is 0.409. The van der Waals surface area contributed by atoms with Crippen molar-refractivity contribution in [2.45, 2.75) is 31.1 Å². The van der Waals surface area contributed by atoms with E-state index in [0.29, 0.717) is 26.2 Å². The second-order valence-corrected chi connectivity index (χ2v) is 8.12. The van der Waals surface area contributed by atoms with Crippen LogP contribution in [0.5, 0.6) is 5.75 Å². The van der Waals surface area contributed by atoms with Crippen molar-refractivity contribution in [3.05, 3.63) is 64.1 Å². The minimum Gasteiger partial charge on any atom is -0.491 e. The van der Waals surface area contributed by atoms with Gasteiger partial charge in [-0.1, -0.05) is 28.1 Å². The number of hydrogen-bond donors (Lipinski definition) is 1. The molecule has 0 aromatic heterocycles. The lowest BCUT2D eigenvalue weighted by atomic mass is 9.74. The predicted octanol–water partition coefficient (Wildman–Crippen LogP) is 4.75. The Labute approximate surface area is 177 Å². The molecule has 1 saturated heterocycles. The van der Waals surface area contributed by atoms with Crippen LogP contribution < -0.4 is 10.1 Å². The molecule has 7 heteroatoms. The summed E-state index contributed by atoms with van der Waals surface area (Å²) in [7, 11) is 0. The molecule has 1 heterocycles. The third-order valence-corrected chi connectivity index (χ3v) is 5.76. The SMILES string of the molecule is O=C(CCCOc1ccc(F)cc1F)NCC1(c2ccc(Br)cc2)CCOCC1. The van der Waals surface area contributed by atoms with Crippen LogP contribution in [0.1, 0.15) is 31.2 Å². The summed E-state index contributed by atoms with van der Waals surface area (Å²) in [5, 5.41) is 3.04. The highest BCUT2D eigenvalue weighted by Crippen LogP contribution is 2.35. The van der Waals surface area contributed by atoms with E-state index in [9.17, 15) is 13.6 Å². The maximum Gasteiger partial charge on any atom is 0.220 e. The molecule has 1 fully saturated rings. The van der Waals surface area contributed by atoms with Gasteiger partial charge in [0.2, 0.25) is 5.91 Å². The lowest BCUT2D eigenvalue weighted by molar-refractivity contribution is -0.121. The number of carbonyl (C=O) groups is 1. The van der Waals surface area contributed by atoms with E-state index in [1.54, 1.807) is 0 Å². The third kappa shape index (κ3) is 6.00. The second kappa shape index (κ2) is 10.2. The number of carbonyl (C=O) groups excluding carboxylic acids is 1. The highest BCUT2D eigenvalue weighted by atomic mass is 79.9. The Morgan fingerprint density at radius 1 is 1.14 bits per heavy atom. The molecule has 3 rings (SSSR count). The molecule has 0 atom stereocenters. The molecular formula is C22H24BrF2NO3. The van der Waals surface area contributed by atoms with E-state index in [1.165, 1.54) is 11.6 Å². The smallest absolute Gasteiger partial charge is 0.220 e. The largest absolute Gasteiger partial charge is 0.491 e. The van der Waals surface area contributed by atoms with Gasteiger partial charge in [0.25, 0.3) is 0 Å². The summed E-state index contributed by atoms with van der Waals surface area (Å²) < 4.78 is 38.3. The molecule has 0 aliphatic carbocycles. The molecule has 4 nitrogen and oxygen atoms in total. The number of benzene rings is 2. The van der Waals surface area contributed by atoms with Gasteiger partial charge in [-0.05, 0) is 49.1 Å². The molecule has 0 radical (unpaired) electrons. The van der Waals surface area contributed by atoms with Crippen molar-refractivity contribution in [2.75, 3.05) is 26.4 Å². The summed E-state index contributed by atoms with van der Waals surface area (Å²) in [5.41, 5.74) is 1.06. The summed E-state index contributed by atoms with van der Waals surface area (Å²) in [6.07, 6.45) is 2.41. The lowest BCUT2D eigenvalue weighted by Gasteiger charge is -2.38. The first-order chi connectivity index (χ1) is 14.0. The minimum absolute atomic E-state index is 0.0109. The van der Waals surface area contributed by atoms with Crippen molar-refractivity contribution >= 4 is 21.8 Å². The number of amides is 1. The Morgan fingerprint density at radius 3 is 2.55 bits per heavy atom. The highest BCUT2D eigenvalue weighted by Gasteiger charge is 2.34. The highest BCUT2D eigenvalue weighted by molar-refractivity contribution is 9.10. The van der Waals surface area contributed by atoms with Gasteiger partial charge in [-0.25, -0.2) is 8.78 Å². The summed E-state index contributed by atoms with van der Waals surface area (Å²) in [6.45, 7) is 2.07. The molecule has 2 aromatic rings. The normalized spacial score (nSPS) is 15.7. The van der Waals surface area contributed by atoms with Gasteiger partial charge in [0.1, 0.15) is 5.82 Å². The predicted molar refractivity (Wildman–Crippen MR) is 110 cm³/mol. The van der Waals surface area contributed by atoms with Crippen LogP contribution in [0.2, 0.25) is 0 Å². The van der Waals surface area contributed by atoms with Crippen molar-refractivity contribution in [3.8, 4) is 5.75 Å². The molecule has 1 aliphatic rings. The maximum absolute atomic E-state index is 13.5. The van der Waals surface area contributed by atoms with Crippen LogP contribution in [0, 0.1) is 11.6 Å². The zero-order valence-electron chi connectivity index (χ0n) is 16.1. The number of hydrogen-bond acceptors (Lipinski definition) is 3. The molecule has 0 unspecified atom stereocenters. The number of ether oxygens (including phenoxy) is 2. The van der Waals surface area contributed by atoms with Crippen LogP contribution in [-0.2, 0) is 14.9 Å². The van der Waals surface area contributed by atoms with Crippen LogP contribution in [0.3, 0.4) is 0 Å². The fourth-order valence-corrected chi connectivity index (χ4v) is 3.76. The number of rotatable bonds is 8. The molecule has 1 amide bonds. The first-order valence-electron chi connectivity index (χ1n) is 9.67. The van der Waals surface area contributed by atoms with Crippen LogP contribution in [-0.4, -0.2) is 32.3 Å².